The lowest BCUT2D eigenvalue weighted by molar-refractivity contribution is -0.353. The third-order valence-electron chi connectivity index (χ3n) is 3.46. The van der Waals surface area contributed by atoms with Crippen LogP contribution in [-0.4, -0.2) is 69.6 Å². The van der Waals surface area contributed by atoms with Crippen LogP contribution in [0, 0.1) is 0 Å². The van der Waals surface area contributed by atoms with Crippen molar-refractivity contribution < 1.29 is 32.2 Å². The first-order valence-corrected chi connectivity index (χ1v) is 8.53. The average Bonchev–Trinajstić information content (AvgIpc) is 3.31. The Morgan fingerprint density at radius 3 is 2.00 bits per heavy atom. The molecular weight excluding hydrogens is 284 g/mol. The highest BCUT2D eigenvalue weighted by molar-refractivity contribution is 6.60. The van der Waals surface area contributed by atoms with Crippen LogP contribution in [-0.2, 0) is 32.2 Å². The van der Waals surface area contributed by atoms with Crippen molar-refractivity contribution in [3.63, 3.8) is 0 Å². The first-order valence-electron chi connectivity index (χ1n) is 6.60. The normalized spacial score (nSPS) is 19.4. The minimum atomic E-state index is -2.74. The van der Waals surface area contributed by atoms with Gasteiger partial charge in [0.25, 0.3) is 5.97 Å². The van der Waals surface area contributed by atoms with Gasteiger partial charge in [-0.1, -0.05) is 0 Å². The predicted molar refractivity (Wildman–Crippen MR) is 73.3 cm³/mol. The summed E-state index contributed by atoms with van der Waals surface area (Å²) in [5, 5.41) is 0. The van der Waals surface area contributed by atoms with Crippen molar-refractivity contribution in [2.45, 2.75) is 31.0 Å². The number of ether oxygens (including phenoxy) is 4. The molecule has 0 aromatic heterocycles. The molecule has 1 fully saturated rings. The second-order valence-corrected chi connectivity index (χ2v) is 7.45. The zero-order chi connectivity index (χ0) is 15.1. The Kier molecular flexibility index (Phi) is 7.55. The molecule has 0 radical (unpaired) electrons. The molecule has 1 aliphatic heterocycles. The van der Waals surface area contributed by atoms with Gasteiger partial charge in [0.15, 0.2) is 0 Å². The van der Waals surface area contributed by atoms with Gasteiger partial charge in [-0.3, -0.25) is 0 Å². The van der Waals surface area contributed by atoms with Gasteiger partial charge in [-0.2, -0.15) is 0 Å². The molecule has 1 unspecified atom stereocenters. The van der Waals surface area contributed by atoms with Crippen molar-refractivity contribution in [2.75, 3.05) is 48.8 Å². The SMILES string of the molecule is COC(CC[Si](OC)(OC)OCCC1CO1)(OC)OC. The number of epoxide rings is 1. The van der Waals surface area contributed by atoms with E-state index in [1.807, 2.05) is 0 Å². The summed E-state index contributed by atoms with van der Waals surface area (Å²) >= 11 is 0. The fraction of sp³-hybridized carbons (Fsp3) is 1.00. The fourth-order valence-electron chi connectivity index (χ4n) is 1.92. The van der Waals surface area contributed by atoms with Gasteiger partial charge in [0.2, 0.25) is 0 Å². The highest BCUT2D eigenvalue weighted by atomic mass is 28.4. The van der Waals surface area contributed by atoms with Gasteiger partial charge in [0.1, 0.15) is 0 Å². The Bertz CT molecular complexity index is 256. The lowest BCUT2D eigenvalue weighted by Crippen LogP contribution is -2.47. The molecule has 0 N–H and O–H groups in total. The average molecular weight is 310 g/mol. The quantitative estimate of drug-likeness (QED) is 0.303. The van der Waals surface area contributed by atoms with Crippen LogP contribution in [0.1, 0.15) is 12.8 Å². The van der Waals surface area contributed by atoms with E-state index < -0.39 is 14.8 Å². The summed E-state index contributed by atoms with van der Waals surface area (Å²) in [5.74, 6) is -1.10. The summed E-state index contributed by atoms with van der Waals surface area (Å²) in [5.41, 5.74) is 0. The molecule has 1 rings (SSSR count). The number of hydrogen-bond acceptors (Lipinski definition) is 7. The molecule has 8 heteroatoms. The van der Waals surface area contributed by atoms with Gasteiger partial charge in [0, 0.05) is 54.6 Å². The second-order valence-electron chi connectivity index (χ2n) is 4.48. The highest BCUT2D eigenvalue weighted by Crippen LogP contribution is 2.26. The van der Waals surface area contributed by atoms with E-state index in [2.05, 4.69) is 0 Å². The maximum atomic E-state index is 5.86. The zero-order valence-electron chi connectivity index (χ0n) is 13.0. The Morgan fingerprint density at radius 1 is 1.05 bits per heavy atom. The van der Waals surface area contributed by atoms with Crippen LogP contribution in [0.4, 0.5) is 0 Å². The summed E-state index contributed by atoms with van der Waals surface area (Å²) in [6.07, 6.45) is 1.63. The molecular formula is C12H26O7Si. The molecule has 0 spiro atoms. The standard InChI is InChI=1S/C12H26O7Si/c1-13-12(14-2,15-3)7-9-20(16-4,17-5)19-8-6-11-10-18-11/h11H,6-10H2,1-5H3. The van der Waals surface area contributed by atoms with Gasteiger partial charge in [-0.05, 0) is 6.42 Å². The van der Waals surface area contributed by atoms with Crippen molar-refractivity contribution in [3.05, 3.63) is 0 Å². The lowest BCUT2D eigenvalue weighted by atomic mass is 10.4. The molecule has 20 heavy (non-hydrogen) atoms. The van der Waals surface area contributed by atoms with E-state index in [-0.39, 0.29) is 0 Å². The molecule has 1 saturated heterocycles. The summed E-state index contributed by atoms with van der Waals surface area (Å²) in [6.45, 7) is 1.37. The first-order chi connectivity index (χ1) is 9.59. The highest BCUT2D eigenvalue weighted by Gasteiger charge is 2.43. The van der Waals surface area contributed by atoms with Crippen LogP contribution in [0.3, 0.4) is 0 Å². The van der Waals surface area contributed by atoms with E-state index in [0.29, 0.717) is 25.2 Å². The third-order valence-corrected chi connectivity index (χ3v) is 6.21. The minimum absolute atomic E-state index is 0.325. The maximum absolute atomic E-state index is 5.86. The van der Waals surface area contributed by atoms with Crippen LogP contribution >= 0.6 is 0 Å². The summed E-state index contributed by atoms with van der Waals surface area (Å²) in [6, 6.07) is 0.529. The second kappa shape index (κ2) is 8.40. The lowest BCUT2D eigenvalue weighted by Gasteiger charge is -2.32. The zero-order valence-corrected chi connectivity index (χ0v) is 14.0. The molecule has 0 aliphatic carbocycles. The van der Waals surface area contributed by atoms with Gasteiger partial charge < -0.3 is 32.2 Å². The monoisotopic (exact) mass is 310 g/mol. The molecule has 0 amide bonds. The fourth-order valence-corrected chi connectivity index (χ4v) is 3.92. The van der Waals surface area contributed by atoms with Gasteiger partial charge in [-0.25, -0.2) is 0 Å². The van der Waals surface area contributed by atoms with E-state index in [1.165, 1.54) is 21.3 Å². The molecule has 1 aliphatic rings. The van der Waals surface area contributed by atoms with Crippen LogP contribution in [0.2, 0.25) is 6.04 Å². The van der Waals surface area contributed by atoms with E-state index in [0.717, 1.165) is 13.0 Å². The van der Waals surface area contributed by atoms with Crippen LogP contribution in [0.25, 0.3) is 0 Å². The van der Waals surface area contributed by atoms with Gasteiger partial charge in [-0.15, -0.1) is 0 Å². The number of hydrogen-bond donors (Lipinski definition) is 0. The van der Waals surface area contributed by atoms with Crippen molar-refractivity contribution in [1.82, 2.24) is 0 Å². The molecule has 120 valence electrons. The van der Waals surface area contributed by atoms with Crippen molar-refractivity contribution in [1.29, 1.82) is 0 Å². The van der Waals surface area contributed by atoms with Crippen molar-refractivity contribution >= 4 is 8.80 Å². The van der Waals surface area contributed by atoms with E-state index in [1.54, 1.807) is 14.2 Å². The molecule has 0 bridgehead atoms. The minimum Gasteiger partial charge on any atom is -0.377 e. The molecule has 1 heterocycles. The predicted octanol–water partition coefficient (Wildman–Crippen LogP) is 1.01. The van der Waals surface area contributed by atoms with Gasteiger partial charge in [0.05, 0.1) is 12.7 Å². The molecule has 0 aromatic rings. The Morgan fingerprint density at radius 2 is 1.60 bits per heavy atom. The van der Waals surface area contributed by atoms with Crippen molar-refractivity contribution in [2.24, 2.45) is 0 Å². The van der Waals surface area contributed by atoms with E-state index in [4.69, 9.17) is 32.2 Å². The third kappa shape index (κ3) is 5.04. The molecule has 0 aromatic carbocycles. The van der Waals surface area contributed by atoms with Crippen LogP contribution in [0.5, 0.6) is 0 Å². The van der Waals surface area contributed by atoms with Gasteiger partial charge >= 0.3 is 8.80 Å². The number of rotatable bonds is 12. The molecule has 7 nitrogen and oxygen atoms in total. The summed E-state index contributed by atoms with van der Waals surface area (Å²) < 4.78 is 37.8. The van der Waals surface area contributed by atoms with Crippen LogP contribution in [0.15, 0.2) is 0 Å². The van der Waals surface area contributed by atoms with Crippen LogP contribution < -0.4 is 0 Å². The van der Waals surface area contributed by atoms with Crippen molar-refractivity contribution in [3.8, 4) is 0 Å². The summed E-state index contributed by atoms with van der Waals surface area (Å²) in [7, 11) is 5.04. The topological polar surface area (TPSA) is 67.9 Å². The number of methoxy groups -OCH3 is 3. The summed E-state index contributed by atoms with van der Waals surface area (Å²) in [4.78, 5) is 0. The largest absolute Gasteiger partial charge is 0.500 e. The molecule has 0 saturated carbocycles. The van der Waals surface area contributed by atoms with E-state index in [9.17, 15) is 0 Å². The maximum Gasteiger partial charge on any atom is 0.500 e. The smallest absolute Gasteiger partial charge is 0.377 e. The Labute approximate surface area is 121 Å². The van der Waals surface area contributed by atoms with E-state index >= 15 is 0 Å². The Balaban J connectivity index is 2.50. The first kappa shape index (κ1) is 18.0. The molecule has 1 atom stereocenters. The Hall–Kier alpha value is -0.0631.